The summed E-state index contributed by atoms with van der Waals surface area (Å²) in [7, 11) is 0. The molecule has 1 aromatic rings. The first-order valence-electron chi connectivity index (χ1n) is 6.29. The molecule has 0 radical (unpaired) electrons. The zero-order chi connectivity index (χ0) is 13.8. The molecule has 1 atom stereocenters. The highest BCUT2D eigenvalue weighted by atomic mass is 16.5. The number of ether oxygens (including phenoxy) is 2. The van der Waals surface area contributed by atoms with Gasteiger partial charge in [0.25, 0.3) is 0 Å². The van der Waals surface area contributed by atoms with Gasteiger partial charge < -0.3 is 25.8 Å². The molecule has 19 heavy (non-hydrogen) atoms. The molecule has 1 heterocycles. The van der Waals surface area contributed by atoms with Gasteiger partial charge in [-0.05, 0) is 19.1 Å². The Morgan fingerprint density at radius 2 is 2.37 bits per heavy atom. The van der Waals surface area contributed by atoms with Crippen LogP contribution < -0.4 is 21.1 Å². The molecule has 1 unspecified atom stereocenters. The Balaban J connectivity index is 2.28. The number of primary amides is 1. The number of carbonyl (C=O) groups excluding carboxylic acids is 1. The lowest BCUT2D eigenvalue weighted by molar-refractivity contribution is -0.121. The summed E-state index contributed by atoms with van der Waals surface area (Å²) in [6.45, 7) is 3.92. The number of rotatable bonds is 4. The van der Waals surface area contributed by atoms with E-state index in [4.69, 9.17) is 20.9 Å². The smallest absolute Gasteiger partial charge is 0.242 e. The highest BCUT2D eigenvalue weighted by molar-refractivity contribution is 5.84. The van der Waals surface area contributed by atoms with Crippen LogP contribution in [0.2, 0.25) is 0 Å². The van der Waals surface area contributed by atoms with E-state index in [1.807, 2.05) is 24.0 Å². The normalized spacial score (nSPS) is 19.2. The average Bonchev–Trinajstić information content (AvgIpc) is 2.41. The van der Waals surface area contributed by atoms with Gasteiger partial charge in [0.2, 0.25) is 5.91 Å². The quantitative estimate of drug-likeness (QED) is 0.767. The number of carbonyl (C=O) groups is 1. The number of hydrogen-bond donors (Lipinski definition) is 2. The maximum absolute atomic E-state index is 11.5. The van der Waals surface area contributed by atoms with E-state index in [9.17, 15) is 4.79 Å². The first-order chi connectivity index (χ1) is 9.13. The Bertz CT molecular complexity index is 464. The summed E-state index contributed by atoms with van der Waals surface area (Å²) in [5.74, 6) is 0.226. The topological polar surface area (TPSA) is 90.8 Å². The number of nitrogen functional groups attached to an aromatic ring is 1. The van der Waals surface area contributed by atoms with Crippen molar-refractivity contribution in [1.82, 2.24) is 0 Å². The Hall–Kier alpha value is -1.95. The van der Waals surface area contributed by atoms with Crippen molar-refractivity contribution in [3.8, 4) is 5.75 Å². The van der Waals surface area contributed by atoms with Crippen LogP contribution in [-0.4, -0.2) is 38.3 Å². The summed E-state index contributed by atoms with van der Waals surface area (Å²) < 4.78 is 10.8. The van der Waals surface area contributed by atoms with Crippen LogP contribution in [0, 0.1) is 0 Å². The molecule has 1 aliphatic heterocycles. The van der Waals surface area contributed by atoms with E-state index in [0.29, 0.717) is 37.8 Å². The zero-order valence-electron chi connectivity index (χ0n) is 11.0. The fourth-order valence-corrected chi connectivity index (χ4v) is 2.13. The van der Waals surface area contributed by atoms with Crippen LogP contribution in [0.3, 0.4) is 0 Å². The fraction of sp³-hybridized carbons (Fsp3) is 0.462. The molecular formula is C13H19N3O3. The molecule has 0 aromatic heterocycles. The van der Waals surface area contributed by atoms with Gasteiger partial charge in [-0.15, -0.1) is 0 Å². The van der Waals surface area contributed by atoms with Crippen molar-refractivity contribution in [3.63, 3.8) is 0 Å². The maximum atomic E-state index is 11.5. The molecule has 1 aromatic carbocycles. The second kappa shape index (κ2) is 5.79. The van der Waals surface area contributed by atoms with Gasteiger partial charge in [0, 0.05) is 18.3 Å². The SMILES string of the molecule is CCOc1cc(N2CCOCC2C(N)=O)ccc1N. The minimum Gasteiger partial charge on any atom is -0.492 e. The van der Waals surface area contributed by atoms with Crippen molar-refractivity contribution in [3.05, 3.63) is 18.2 Å². The van der Waals surface area contributed by atoms with E-state index in [-0.39, 0.29) is 0 Å². The van der Waals surface area contributed by atoms with Gasteiger partial charge in [0.1, 0.15) is 11.8 Å². The second-order valence-electron chi connectivity index (χ2n) is 4.34. The summed E-state index contributed by atoms with van der Waals surface area (Å²) in [6.07, 6.45) is 0. The predicted octanol–water partition coefficient (Wildman–Crippen LogP) is 0.358. The number of nitrogens with zero attached hydrogens (tertiary/aromatic N) is 1. The van der Waals surface area contributed by atoms with Crippen molar-refractivity contribution in [2.75, 3.05) is 37.0 Å². The van der Waals surface area contributed by atoms with E-state index in [2.05, 4.69) is 0 Å². The first-order valence-corrected chi connectivity index (χ1v) is 6.29. The van der Waals surface area contributed by atoms with Crippen molar-refractivity contribution < 1.29 is 14.3 Å². The fourth-order valence-electron chi connectivity index (χ4n) is 2.13. The predicted molar refractivity (Wildman–Crippen MR) is 73.2 cm³/mol. The largest absolute Gasteiger partial charge is 0.492 e. The zero-order valence-corrected chi connectivity index (χ0v) is 11.0. The monoisotopic (exact) mass is 265 g/mol. The van der Waals surface area contributed by atoms with Crippen LogP contribution in [0.4, 0.5) is 11.4 Å². The number of nitrogens with two attached hydrogens (primary N) is 2. The highest BCUT2D eigenvalue weighted by Gasteiger charge is 2.28. The number of anilines is 2. The van der Waals surface area contributed by atoms with Crippen LogP contribution >= 0.6 is 0 Å². The Kier molecular flexibility index (Phi) is 4.11. The number of hydrogen-bond acceptors (Lipinski definition) is 5. The van der Waals surface area contributed by atoms with Gasteiger partial charge in [0.15, 0.2) is 0 Å². The van der Waals surface area contributed by atoms with E-state index < -0.39 is 11.9 Å². The third-order valence-electron chi connectivity index (χ3n) is 3.09. The number of amides is 1. The minimum absolute atomic E-state index is 0.309. The molecule has 6 nitrogen and oxygen atoms in total. The summed E-state index contributed by atoms with van der Waals surface area (Å²) in [5, 5.41) is 0. The van der Waals surface area contributed by atoms with Crippen LogP contribution in [0.1, 0.15) is 6.92 Å². The molecule has 2 rings (SSSR count). The molecule has 1 aliphatic rings. The molecule has 1 fully saturated rings. The van der Waals surface area contributed by atoms with Gasteiger partial charge in [-0.2, -0.15) is 0 Å². The van der Waals surface area contributed by atoms with Gasteiger partial charge >= 0.3 is 0 Å². The standard InChI is InChI=1S/C13H19N3O3/c1-2-19-12-7-9(3-4-10(12)14)16-5-6-18-8-11(16)13(15)17/h3-4,7,11H,2,5-6,8,14H2,1H3,(H2,15,17). The molecule has 4 N–H and O–H groups in total. The molecule has 1 amide bonds. The van der Waals surface area contributed by atoms with E-state index in [0.717, 1.165) is 5.69 Å². The molecule has 0 saturated carbocycles. The lowest BCUT2D eigenvalue weighted by Crippen LogP contribution is -2.52. The third kappa shape index (κ3) is 2.90. The number of benzene rings is 1. The van der Waals surface area contributed by atoms with Gasteiger partial charge in [-0.3, -0.25) is 4.79 Å². The molecule has 0 aliphatic carbocycles. The molecular weight excluding hydrogens is 246 g/mol. The van der Waals surface area contributed by atoms with Crippen molar-refractivity contribution >= 4 is 17.3 Å². The maximum Gasteiger partial charge on any atom is 0.242 e. The highest BCUT2D eigenvalue weighted by Crippen LogP contribution is 2.29. The number of morpholine rings is 1. The van der Waals surface area contributed by atoms with Crippen LogP contribution in [0.15, 0.2) is 18.2 Å². The van der Waals surface area contributed by atoms with Crippen molar-refractivity contribution in [2.45, 2.75) is 13.0 Å². The second-order valence-corrected chi connectivity index (χ2v) is 4.34. The Morgan fingerprint density at radius 1 is 1.58 bits per heavy atom. The molecule has 1 saturated heterocycles. The Morgan fingerprint density at radius 3 is 3.05 bits per heavy atom. The van der Waals surface area contributed by atoms with E-state index in [1.165, 1.54) is 0 Å². The lowest BCUT2D eigenvalue weighted by Gasteiger charge is -2.35. The van der Waals surface area contributed by atoms with Gasteiger partial charge in [-0.25, -0.2) is 0 Å². The summed E-state index contributed by atoms with van der Waals surface area (Å²) in [6, 6.07) is 5.01. The van der Waals surface area contributed by atoms with Crippen LogP contribution in [0.5, 0.6) is 5.75 Å². The molecule has 104 valence electrons. The van der Waals surface area contributed by atoms with Crippen LogP contribution in [-0.2, 0) is 9.53 Å². The first kappa shape index (κ1) is 13.5. The minimum atomic E-state index is -0.452. The molecule has 6 heteroatoms. The van der Waals surface area contributed by atoms with E-state index in [1.54, 1.807) is 6.07 Å². The average molecular weight is 265 g/mol. The third-order valence-corrected chi connectivity index (χ3v) is 3.09. The van der Waals surface area contributed by atoms with Crippen molar-refractivity contribution in [1.29, 1.82) is 0 Å². The van der Waals surface area contributed by atoms with E-state index >= 15 is 0 Å². The molecule has 0 bridgehead atoms. The molecule has 0 spiro atoms. The lowest BCUT2D eigenvalue weighted by atomic mass is 10.1. The van der Waals surface area contributed by atoms with Gasteiger partial charge in [-0.1, -0.05) is 0 Å². The van der Waals surface area contributed by atoms with Gasteiger partial charge in [0.05, 0.1) is 25.5 Å². The summed E-state index contributed by atoms with van der Waals surface area (Å²) in [5.41, 5.74) is 12.7. The summed E-state index contributed by atoms with van der Waals surface area (Å²) in [4.78, 5) is 13.4. The van der Waals surface area contributed by atoms with Crippen LogP contribution in [0.25, 0.3) is 0 Å². The van der Waals surface area contributed by atoms with Crippen molar-refractivity contribution in [2.24, 2.45) is 5.73 Å². The summed E-state index contributed by atoms with van der Waals surface area (Å²) >= 11 is 0. The Labute approximate surface area is 112 Å².